The maximum atomic E-state index is 12.7. The third kappa shape index (κ3) is 2.57. The highest BCUT2D eigenvalue weighted by Gasteiger charge is 2.32. The second kappa shape index (κ2) is 5.54. The number of nitrogens with two attached hydrogens (primary N) is 1. The van der Waals surface area contributed by atoms with E-state index in [9.17, 15) is 13.2 Å². The van der Waals surface area contributed by atoms with E-state index in [1.165, 1.54) is 22.7 Å². The number of amides is 1. The Balaban J connectivity index is 2.06. The monoisotopic (exact) mass is 351 g/mol. The molecule has 122 valence electrons. The van der Waals surface area contributed by atoms with Crippen LogP contribution in [0.3, 0.4) is 0 Å². The molecule has 3 N–H and O–H groups in total. The van der Waals surface area contributed by atoms with Crippen molar-refractivity contribution >= 4 is 38.6 Å². The number of hydrogen-bond acceptors (Lipinski definition) is 5. The van der Waals surface area contributed by atoms with Crippen molar-refractivity contribution in [2.24, 2.45) is 5.73 Å². The summed E-state index contributed by atoms with van der Waals surface area (Å²) < 4.78 is 26.9. The second-order valence-electron chi connectivity index (χ2n) is 5.46. The van der Waals surface area contributed by atoms with Gasteiger partial charge in [-0.2, -0.15) is 0 Å². The Labute approximate surface area is 139 Å². The van der Waals surface area contributed by atoms with Crippen molar-refractivity contribution in [3.05, 3.63) is 40.8 Å². The van der Waals surface area contributed by atoms with Crippen molar-refractivity contribution in [3.63, 3.8) is 0 Å². The number of rotatable bonds is 4. The van der Waals surface area contributed by atoms with Gasteiger partial charge in [0.1, 0.15) is 10.3 Å². The predicted molar refractivity (Wildman–Crippen MR) is 91.4 cm³/mol. The van der Waals surface area contributed by atoms with Crippen molar-refractivity contribution in [3.8, 4) is 0 Å². The molecule has 1 aromatic carbocycles. The zero-order valence-electron chi connectivity index (χ0n) is 12.7. The third-order valence-electron chi connectivity index (χ3n) is 4.04. The Bertz CT molecular complexity index is 860. The average Bonchev–Trinajstić information content (AvgIpc) is 3.17. The molecule has 1 aromatic heterocycles. The largest absolute Gasteiger partial charge is 0.371 e. The Hall–Kier alpha value is -2.06. The smallest absolute Gasteiger partial charge is 0.273 e. The van der Waals surface area contributed by atoms with Crippen LogP contribution in [0.15, 0.2) is 33.9 Å². The van der Waals surface area contributed by atoms with E-state index in [1.54, 1.807) is 23.6 Å². The normalized spacial score (nSPS) is 16.7. The molecule has 2 heterocycles. The minimum Gasteiger partial charge on any atom is -0.371 e. The van der Waals surface area contributed by atoms with E-state index in [4.69, 9.17) is 5.73 Å². The zero-order valence-corrected chi connectivity index (χ0v) is 14.4. The van der Waals surface area contributed by atoms with Crippen LogP contribution in [0.4, 0.5) is 11.4 Å². The first-order chi connectivity index (χ1) is 10.8. The van der Waals surface area contributed by atoms with E-state index < -0.39 is 22.0 Å². The van der Waals surface area contributed by atoms with Crippen LogP contribution in [0.5, 0.6) is 0 Å². The van der Waals surface area contributed by atoms with Gasteiger partial charge in [-0.15, -0.1) is 11.3 Å². The Kier molecular flexibility index (Phi) is 3.81. The fourth-order valence-corrected chi connectivity index (χ4v) is 5.07. The standard InChI is InChI=1S/C15H17N3O3S2/c1-9-5-6-12(14-10(9)8-11(17-14)15(16)19)18(2)23(20,21)13-4-3-7-22-13/h3-7,11,17H,8H2,1-2H3,(H2,16,19). The summed E-state index contributed by atoms with van der Waals surface area (Å²) in [5.41, 5.74) is 8.50. The topological polar surface area (TPSA) is 92.5 Å². The molecular formula is C15H17N3O3S2. The average molecular weight is 351 g/mol. The van der Waals surface area contributed by atoms with Crippen molar-refractivity contribution in [2.45, 2.75) is 23.6 Å². The van der Waals surface area contributed by atoms with Crippen molar-refractivity contribution in [1.29, 1.82) is 0 Å². The molecule has 6 nitrogen and oxygen atoms in total. The molecular weight excluding hydrogens is 334 g/mol. The molecule has 1 unspecified atom stereocenters. The first-order valence-corrected chi connectivity index (χ1v) is 9.35. The van der Waals surface area contributed by atoms with E-state index in [-0.39, 0.29) is 4.21 Å². The third-order valence-corrected chi connectivity index (χ3v) is 7.19. The molecule has 1 aliphatic rings. The van der Waals surface area contributed by atoms with Crippen LogP contribution in [-0.2, 0) is 21.2 Å². The molecule has 3 rings (SSSR count). The fourth-order valence-electron chi connectivity index (χ4n) is 2.70. The van der Waals surface area contributed by atoms with Crippen LogP contribution in [0, 0.1) is 6.92 Å². The van der Waals surface area contributed by atoms with E-state index in [2.05, 4.69) is 5.32 Å². The summed E-state index contributed by atoms with van der Waals surface area (Å²) in [6.07, 6.45) is 0.469. The summed E-state index contributed by atoms with van der Waals surface area (Å²) in [6.45, 7) is 1.93. The maximum absolute atomic E-state index is 12.7. The zero-order chi connectivity index (χ0) is 16.8. The highest BCUT2D eigenvalue weighted by atomic mass is 32.2. The molecule has 1 aliphatic heterocycles. The van der Waals surface area contributed by atoms with Crippen LogP contribution >= 0.6 is 11.3 Å². The van der Waals surface area contributed by atoms with Gasteiger partial charge in [-0.3, -0.25) is 9.10 Å². The molecule has 1 amide bonds. The van der Waals surface area contributed by atoms with Crippen molar-refractivity contribution in [1.82, 2.24) is 0 Å². The van der Waals surface area contributed by atoms with E-state index in [0.29, 0.717) is 17.8 Å². The molecule has 0 fully saturated rings. The Morgan fingerprint density at radius 1 is 1.39 bits per heavy atom. The molecule has 0 saturated carbocycles. The minimum atomic E-state index is -3.63. The summed E-state index contributed by atoms with van der Waals surface area (Å²) in [5, 5.41) is 4.79. The lowest BCUT2D eigenvalue weighted by molar-refractivity contribution is -0.118. The number of sulfonamides is 1. The number of nitrogens with one attached hydrogen (secondary N) is 1. The van der Waals surface area contributed by atoms with Gasteiger partial charge in [0, 0.05) is 13.5 Å². The Morgan fingerprint density at radius 3 is 2.74 bits per heavy atom. The summed E-state index contributed by atoms with van der Waals surface area (Å²) >= 11 is 1.17. The summed E-state index contributed by atoms with van der Waals surface area (Å²) in [5.74, 6) is -0.449. The highest BCUT2D eigenvalue weighted by molar-refractivity contribution is 7.94. The van der Waals surface area contributed by atoms with Gasteiger partial charge in [0.15, 0.2) is 0 Å². The number of primary amides is 1. The maximum Gasteiger partial charge on any atom is 0.273 e. The fraction of sp³-hybridized carbons (Fsp3) is 0.267. The van der Waals surface area contributed by atoms with Crippen molar-refractivity contribution < 1.29 is 13.2 Å². The summed E-state index contributed by atoms with van der Waals surface area (Å²) in [4.78, 5) is 11.5. The molecule has 8 heteroatoms. The molecule has 2 aromatic rings. The van der Waals surface area contributed by atoms with Gasteiger partial charge in [-0.05, 0) is 35.6 Å². The lowest BCUT2D eigenvalue weighted by Crippen LogP contribution is -2.34. The number of benzene rings is 1. The quantitative estimate of drug-likeness (QED) is 0.877. The number of carbonyl (C=O) groups is 1. The predicted octanol–water partition coefficient (Wildman–Crippen LogP) is 1.70. The van der Waals surface area contributed by atoms with E-state index in [1.807, 2.05) is 13.0 Å². The van der Waals surface area contributed by atoms with Crippen LogP contribution in [0.1, 0.15) is 11.1 Å². The lowest BCUT2D eigenvalue weighted by Gasteiger charge is -2.22. The first-order valence-electron chi connectivity index (χ1n) is 7.03. The first kappa shape index (κ1) is 15.8. The van der Waals surface area contributed by atoms with Crippen LogP contribution in [0.25, 0.3) is 0 Å². The summed E-state index contributed by atoms with van der Waals surface area (Å²) in [7, 11) is -2.11. The van der Waals surface area contributed by atoms with Crippen LogP contribution in [0.2, 0.25) is 0 Å². The van der Waals surface area contributed by atoms with Crippen LogP contribution in [-0.4, -0.2) is 27.4 Å². The van der Waals surface area contributed by atoms with Gasteiger partial charge in [-0.1, -0.05) is 12.1 Å². The molecule has 0 spiro atoms. The summed E-state index contributed by atoms with van der Waals surface area (Å²) in [6, 6.07) is 6.37. The van der Waals surface area contributed by atoms with Crippen molar-refractivity contribution in [2.75, 3.05) is 16.7 Å². The minimum absolute atomic E-state index is 0.277. The number of fused-ring (bicyclic) bond motifs is 1. The number of thiophene rings is 1. The van der Waals surface area contributed by atoms with Gasteiger partial charge >= 0.3 is 0 Å². The molecule has 0 radical (unpaired) electrons. The van der Waals surface area contributed by atoms with Crippen LogP contribution < -0.4 is 15.4 Å². The van der Waals surface area contributed by atoms with E-state index in [0.717, 1.165) is 11.1 Å². The molecule has 0 bridgehead atoms. The van der Waals surface area contributed by atoms with Gasteiger partial charge in [-0.25, -0.2) is 8.42 Å². The lowest BCUT2D eigenvalue weighted by atomic mass is 10.0. The molecule has 23 heavy (non-hydrogen) atoms. The second-order valence-corrected chi connectivity index (χ2v) is 8.61. The molecule has 0 saturated heterocycles. The van der Waals surface area contributed by atoms with Gasteiger partial charge in [0.05, 0.1) is 11.4 Å². The van der Waals surface area contributed by atoms with Gasteiger partial charge in [0.25, 0.3) is 10.0 Å². The number of anilines is 2. The number of carbonyl (C=O) groups excluding carboxylic acids is 1. The van der Waals surface area contributed by atoms with Gasteiger partial charge in [0.2, 0.25) is 5.91 Å². The number of nitrogens with zero attached hydrogens (tertiary/aromatic N) is 1. The SMILES string of the molecule is Cc1ccc(N(C)S(=O)(=O)c2cccs2)c2c1CC(C(N)=O)N2. The molecule has 0 aliphatic carbocycles. The highest BCUT2D eigenvalue weighted by Crippen LogP contribution is 2.39. The van der Waals surface area contributed by atoms with Gasteiger partial charge < -0.3 is 11.1 Å². The number of aryl methyl sites for hydroxylation is 1. The van der Waals surface area contributed by atoms with E-state index >= 15 is 0 Å². The Morgan fingerprint density at radius 2 is 2.13 bits per heavy atom. The molecule has 1 atom stereocenters. The number of hydrogen-bond donors (Lipinski definition) is 2.